The number of hydrogen-bond donors (Lipinski definition) is 1. The molecule has 0 aliphatic carbocycles. The minimum Gasteiger partial charge on any atom is -0.497 e. The number of aromatic nitrogens is 2. The smallest absolute Gasteiger partial charge is 0.182 e. The van der Waals surface area contributed by atoms with E-state index in [9.17, 15) is 0 Å². The molecule has 0 saturated carbocycles. The molecule has 0 aliphatic rings. The van der Waals surface area contributed by atoms with Gasteiger partial charge in [0.2, 0.25) is 0 Å². The molecular formula is C14H13N3OS2. The van der Waals surface area contributed by atoms with Crippen LogP contribution in [0.2, 0.25) is 0 Å². The third-order valence-electron chi connectivity index (χ3n) is 2.79. The monoisotopic (exact) mass is 303 g/mol. The van der Waals surface area contributed by atoms with Crippen molar-refractivity contribution < 1.29 is 4.74 Å². The van der Waals surface area contributed by atoms with Gasteiger partial charge in [-0.25, -0.2) is 9.97 Å². The number of nitrogens with one attached hydrogen (secondary N) is 1. The number of nitrogens with zero attached hydrogens (tertiary/aromatic N) is 2. The van der Waals surface area contributed by atoms with E-state index in [1.54, 1.807) is 29.8 Å². The summed E-state index contributed by atoms with van der Waals surface area (Å²) in [6.45, 7) is 0. The number of anilines is 1. The van der Waals surface area contributed by atoms with Gasteiger partial charge >= 0.3 is 0 Å². The number of rotatable bonds is 4. The fraction of sp³-hybridized carbons (Fsp3) is 0.143. The molecular weight excluding hydrogens is 290 g/mol. The van der Waals surface area contributed by atoms with Gasteiger partial charge in [-0.15, -0.1) is 22.7 Å². The maximum absolute atomic E-state index is 5.24. The van der Waals surface area contributed by atoms with Crippen LogP contribution >= 0.6 is 22.7 Å². The van der Waals surface area contributed by atoms with Crippen molar-refractivity contribution >= 4 is 27.8 Å². The summed E-state index contributed by atoms with van der Waals surface area (Å²) in [6.07, 6.45) is 1.87. The van der Waals surface area contributed by atoms with Crippen molar-refractivity contribution in [3.8, 4) is 26.9 Å². The van der Waals surface area contributed by atoms with Crippen LogP contribution in [0.5, 0.6) is 5.75 Å². The summed E-state index contributed by atoms with van der Waals surface area (Å²) in [5.41, 5.74) is 2.02. The highest BCUT2D eigenvalue weighted by molar-refractivity contribution is 7.19. The van der Waals surface area contributed by atoms with Gasteiger partial charge in [-0.3, -0.25) is 0 Å². The molecule has 0 aliphatic heterocycles. The average Bonchev–Trinajstić information content (AvgIpc) is 3.15. The van der Waals surface area contributed by atoms with Crippen molar-refractivity contribution in [2.45, 2.75) is 0 Å². The van der Waals surface area contributed by atoms with Crippen LogP contribution < -0.4 is 10.1 Å². The maximum Gasteiger partial charge on any atom is 0.182 e. The fourth-order valence-electron chi connectivity index (χ4n) is 1.78. The molecule has 6 heteroatoms. The summed E-state index contributed by atoms with van der Waals surface area (Å²) in [4.78, 5) is 10.0. The Kier molecular flexibility index (Phi) is 3.66. The van der Waals surface area contributed by atoms with E-state index in [1.807, 2.05) is 42.9 Å². The minimum absolute atomic E-state index is 0.838. The van der Waals surface area contributed by atoms with Crippen molar-refractivity contribution in [2.75, 3.05) is 19.5 Å². The maximum atomic E-state index is 5.24. The molecule has 1 aromatic carbocycles. The first-order chi connectivity index (χ1) is 9.80. The third-order valence-corrected chi connectivity index (χ3v) is 4.72. The van der Waals surface area contributed by atoms with Gasteiger partial charge in [-0.05, 0) is 12.1 Å². The molecule has 0 amide bonds. The van der Waals surface area contributed by atoms with Crippen LogP contribution in [0.25, 0.3) is 21.1 Å². The van der Waals surface area contributed by atoms with Gasteiger partial charge in [-0.2, -0.15) is 0 Å². The zero-order valence-electron chi connectivity index (χ0n) is 11.1. The first kappa shape index (κ1) is 13.1. The predicted octanol–water partition coefficient (Wildman–Crippen LogP) is 3.98. The Morgan fingerprint density at radius 1 is 1.30 bits per heavy atom. The Balaban J connectivity index is 1.93. The van der Waals surface area contributed by atoms with Crippen molar-refractivity contribution in [1.82, 2.24) is 9.97 Å². The molecule has 0 bridgehead atoms. The molecule has 0 radical (unpaired) electrons. The zero-order chi connectivity index (χ0) is 13.9. The summed E-state index contributed by atoms with van der Waals surface area (Å²) in [7, 11) is 3.54. The van der Waals surface area contributed by atoms with Gasteiger partial charge in [0.15, 0.2) is 5.13 Å². The standard InChI is InChI=1S/C14H13N3OS2/c1-15-14-17-11(8-19-14)12-7-16-13(20-12)9-4-3-5-10(6-9)18-2/h3-8H,1-2H3,(H,15,17). The largest absolute Gasteiger partial charge is 0.497 e. The topological polar surface area (TPSA) is 47.0 Å². The summed E-state index contributed by atoms with van der Waals surface area (Å²) in [6, 6.07) is 7.92. The Hall–Kier alpha value is -1.92. The van der Waals surface area contributed by atoms with Gasteiger partial charge in [0.05, 0.1) is 17.7 Å². The van der Waals surface area contributed by atoms with E-state index < -0.39 is 0 Å². The first-order valence-electron chi connectivity index (χ1n) is 6.04. The summed E-state index contributed by atoms with van der Waals surface area (Å²) < 4.78 is 5.24. The zero-order valence-corrected chi connectivity index (χ0v) is 12.7. The molecule has 1 N–H and O–H groups in total. The molecule has 2 heterocycles. The number of benzene rings is 1. The molecule has 4 nitrogen and oxygen atoms in total. The Morgan fingerprint density at radius 2 is 2.20 bits per heavy atom. The van der Waals surface area contributed by atoms with Crippen LogP contribution in [0.4, 0.5) is 5.13 Å². The molecule has 3 aromatic rings. The van der Waals surface area contributed by atoms with Gasteiger partial charge in [0, 0.05) is 24.2 Å². The lowest BCUT2D eigenvalue weighted by atomic mass is 10.2. The highest BCUT2D eigenvalue weighted by Crippen LogP contribution is 2.34. The number of hydrogen-bond acceptors (Lipinski definition) is 6. The van der Waals surface area contributed by atoms with Crippen molar-refractivity contribution in [1.29, 1.82) is 0 Å². The van der Waals surface area contributed by atoms with Gasteiger partial charge in [0.25, 0.3) is 0 Å². The van der Waals surface area contributed by atoms with Crippen molar-refractivity contribution in [3.63, 3.8) is 0 Å². The highest BCUT2D eigenvalue weighted by Gasteiger charge is 2.10. The molecule has 3 rings (SSSR count). The van der Waals surface area contributed by atoms with Crippen LogP contribution in [0.15, 0.2) is 35.8 Å². The normalized spacial score (nSPS) is 10.5. The molecule has 0 unspecified atom stereocenters. The number of methoxy groups -OCH3 is 1. The molecule has 0 spiro atoms. The number of thiazole rings is 2. The van der Waals surface area contributed by atoms with Crippen LogP contribution in [-0.2, 0) is 0 Å². The molecule has 0 fully saturated rings. The van der Waals surface area contributed by atoms with E-state index in [-0.39, 0.29) is 0 Å². The lowest BCUT2D eigenvalue weighted by molar-refractivity contribution is 0.415. The van der Waals surface area contributed by atoms with Crippen LogP contribution in [-0.4, -0.2) is 24.1 Å². The summed E-state index contributed by atoms with van der Waals surface area (Å²) >= 11 is 3.22. The Bertz CT molecular complexity index is 721. The fourth-order valence-corrected chi connectivity index (χ4v) is 3.40. The SMILES string of the molecule is CNc1nc(-c2cnc(-c3cccc(OC)c3)s2)cs1. The molecule has 2 aromatic heterocycles. The van der Waals surface area contributed by atoms with Crippen molar-refractivity contribution in [2.24, 2.45) is 0 Å². The van der Waals surface area contributed by atoms with Crippen LogP contribution in [0.1, 0.15) is 0 Å². The molecule has 20 heavy (non-hydrogen) atoms. The van der Waals surface area contributed by atoms with Gasteiger partial charge in [0.1, 0.15) is 10.8 Å². The van der Waals surface area contributed by atoms with E-state index in [2.05, 4.69) is 15.3 Å². The Labute approximate surface area is 125 Å². The van der Waals surface area contributed by atoms with Crippen molar-refractivity contribution in [3.05, 3.63) is 35.8 Å². The third kappa shape index (κ3) is 2.52. The van der Waals surface area contributed by atoms with E-state index in [4.69, 9.17) is 4.74 Å². The lowest BCUT2D eigenvalue weighted by Gasteiger charge is -2.00. The molecule has 0 saturated heterocycles. The predicted molar refractivity (Wildman–Crippen MR) is 84.8 cm³/mol. The summed E-state index contributed by atoms with van der Waals surface area (Å²) in [5.74, 6) is 0.838. The highest BCUT2D eigenvalue weighted by atomic mass is 32.1. The Morgan fingerprint density at radius 3 is 2.95 bits per heavy atom. The average molecular weight is 303 g/mol. The quantitative estimate of drug-likeness (QED) is 0.792. The minimum atomic E-state index is 0.838. The van der Waals surface area contributed by atoms with E-state index in [0.717, 1.165) is 32.0 Å². The van der Waals surface area contributed by atoms with Crippen LogP contribution in [0, 0.1) is 0 Å². The second-order valence-corrected chi connectivity index (χ2v) is 5.94. The molecule has 0 atom stereocenters. The second-order valence-electron chi connectivity index (χ2n) is 4.05. The van der Waals surface area contributed by atoms with E-state index >= 15 is 0 Å². The first-order valence-corrected chi connectivity index (χ1v) is 7.73. The molecule has 102 valence electrons. The lowest BCUT2D eigenvalue weighted by Crippen LogP contribution is -1.84. The number of ether oxygens (including phenoxy) is 1. The van der Waals surface area contributed by atoms with E-state index in [0.29, 0.717) is 0 Å². The second kappa shape index (κ2) is 5.60. The van der Waals surface area contributed by atoms with Gasteiger partial charge < -0.3 is 10.1 Å². The van der Waals surface area contributed by atoms with Gasteiger partial charge in [-0.1, -0.05) is 12.1 Å². The van der Waals surface area contributed by atoms with E-state index in [1.165, 1.54) is 0 Å². The summed E-state index contributed by atoms with van der Waals surface area (Å²) in [5, 5.41) is 6.97. The van der Waals surface area contributed by atoms with Crippen LogP contribution in [0.3, 0.4) is 0 Å².